The molecule has 0 bridgehead atoms. The summed E-state index contributed by atoms with van der Waals surface area (Å²) in [4.78, 5) is 22.4. The average Bonchev–Trinajstić information content (AvgIpc) is 2.80. The zero-order valence-corrected chi connectivity index (χ0v) is 11.3. The highest BCUT2D eigenvalue weighted by Gasteiger charge is 2.30. The summed E-state index contributed by atoms with van der Waals surface area (Å²) in [5.41, 5.74) is -0.568. The smallest absolute Gasteiger partial charge is 0.328 e. The van der Waals surface area contributed by atoms with E-state index in [2.05, 4.69) is 20.3 Å². The van der Waals surface area contributed by atoms with Crippen molar-refractivity contribution in [1.82, 2.24) is 19.5 Å². The van der Waals surface area contributed by atoms with Crippen molar-refractivity contribution in [3.8, 4) is 0 Å². The third-order valence-corrected chi connectivity index (χ3v) is 3.04. The van der Waals surface area contributed by atoms with Gasteiger partial charge in [0.2, 0.25) is 5.95 Å². The summed E-state index contributed by atoms with van der Waals surface area (Å²) in [5.74, 6) is 0.0236. The second-order valence-corrected chi connectivity index (χ2v) is 4.65. The standard InChI is InChI=1S/C13H10F3N5O/c1-21-6-17-10-9(21)11(22)20-12(19-10)18-8-4-2-3-7(5-8)13(14,15)16/h2-6H,1H3,(H2,18,19,20,22). The molecule has 0 saturated carbocycles. The van der Waals surface area contributed by atoms with E-state index in [4.69, 9.17) is 0 Å². The quantitative estimate of drug-likeness (QED) is 0.762. The number of hydrogen-bond acceptors (Lipinski definition) is 4. The van der Waals surface area contributed by atoms with Gasteiger partial charge in [-0.25, -0.2) is 4.98 Å². The van der Waals surface area contributed by atoms with Crippen molar-refractivity contribution < 1.29 is 13.2 Å². The van der Waals surface area contributed by atoms with Crippen LogP contribution in [-0.4, -0.2) is 19.5 Å². The summed E-state index contributed by atoms with van der Waals surface area (Å²) in [6.07, 6.45) is -3.01. The van der Waals surface area contributed by atoms with Gasteiger partial charge in [-0.15, -0.1) is 0 Å². The van der Waals surface area contributed by atoms with E-state index in [9.17, 15) is 18.0 Å². The van der Waals surface area contributed by atoms with Crippen LogP contribution in [-0.2, 0) is 13.2 Å². The maximum Gasteiger partial charge on any atom is 0.416 e. The molecule has 2 N–H and O–H groups in total. The Morgan fingerprint density at radius 3 is 2.82 bits per heavy atom. The molecule has 0 radical (unpaired) electrons. The molecule has 6 nitrogen and oxygen atoms in total. The SMILES string of the molecule is Cn1cnc2nc(Nc3cccc(C(F)(F)F)c3)[nH]c(=O)c21. The Kier molecular flexibility index (Phi) is 3.12. The monoisotopic (exact) mass is 309 g/mol. The summed E-state index contributed by atoms with van der Waals surface area (Å²) in [7, 11) is 1.64. The number of hydrogen-bond donors (Lipinski definition) is 2. The lowest BCUT2D eigenvalue weighted by Crippen LogP contribution is -2.13. The topological polar surface area (TPSA) is 75.6 Å². The molecule has 0 spiro atoms. The van der Waals surface area contributed by atoms with Gasteiger partial charge in [0, 0.05) is 12.7 Å². The first-order valence-corrected chi connectivity index (χ1v) is 6.20. The molecule has 0 amide bonds. The zero-order chi connectivity index (χ0) is 15.9. The minimum Gasteiger partial charge on any atom is -0.328 e. The molecule has 2 aromatic heterocycles. The highest BCUT2D eigenvalue weighted by Crippen LogP contribution is 2.31. The number of aromatic amines is 1. The number of nitrogens with one attached hydrogen (secondary N) is 2. The van der Waals surface area contributed by atoms with Crippen LogP contribution in [0.4, 0.5) is 24.8 Å². The van der Waals surface area contributed by atoms with Crippen molar-refractivity contribution in [2.45, 2.75) is 6.18 Å². The number of aromatic nitrogens is 4. The molecule has 0 aliphatic rings. The van der Waals surface area contributed by atoms with Crippen molar-refractivity contribution in [3.05, 3.63) is 46.5 Å². The third-order valence-electron chi connectivity index (χ3n) is 3.04. The first kappa shape index (κ1) is 14.1. The van der Waals surface area contributed by atoms with Gasteiger partial charge >= 0.3 is 6.18 Å². The summed E-state index contributed by atoms with van der Waals surface area (Å²) in [5, 5.41) is 2.64. The van der Waals surface area contributed by atoms with Crippen LogP contribution in [0.25, 0.3) is 11.2 Å². The van der Waals surface area contributed by atoms with Gasteiger partial charge in [-0.2, -0.15) is 18.2 Å². The second kappa shape index (κ2) is 4.86. The maximum absolute atomic E-state index is 12.7. The van der Waals surface area contributed by atoms with Crippen LogP contribution in [0.5, 0.6) is 0 Å². The number of fused-ring (bicyclic) bond motifs is 1. The Morgan fingerprint density at radius 2 is 2.09 bits per heavy atom. The van der Waals surface area contributed by atoms with E-state index in [0.717, 1.165) is 12.1 Å². The minimum atomic E-state index is -4.44. The fourth-order valence-electron chi connectivity index (χ4n) is 2.03. The molecule has 0 aliphatic heterocycles. The fraction of sp³-hybridized carbons (Fsp3) is 0.154. The van der Waals surface area contributed by atoms with Crippen molar-refractivity contribution in [2.24, 2.45) is 7.05 Å². The van der Waals surface area contributed by atoms with Gasteiger partial charge < -0.3 is 9.88 Å². The average molecular weight is 309 g/mol. The number of nitrogens with zero attached hydrogens (tertiary/aromatic N) is 3. The van der Waals surface area contributed by atoms with Crippen LogP contribution < -0.4 is 10.9 Å². The number of alkyl halides is 3. The van der Waals surface area contributed by atoms with Crippen molar-refractivity contribution in [1.29, 1.82) is 0 Å². The molecule has 0 fully saturated rings. The van der Waals surface area contributed by atoms with Gasteiger partial charge in [-0.05, 0) is 18.2 Å². The molecule has 0 saturated heterocycles. The molecule has 22 heavy (non-hydrogen) atoms. The summed E-state index contributed by atoms with van der Waals surface area (Å²) in [6, 6.07) is 4.60. The molecular formula is C13H10F3N5O. The Hall–Kier alpha value is -2.84. The molecule has 3 aromatic rings. The Labute approximate surface area is 121 Å². The van der Waals surface area contributed by atoms with Gasteiger partial charge in [0.1, 0.15) is 0 Å². The summed E-state index contributed by atoms with van der Waals surface area (Å²) < 4.78 is 39.5. The van der Waals surface area contributed by atoms with E-state index < -0.39 is 17.3 Å². The van der Waals surface area contributed by atoms with Crippen LogP contribution in [0.15, 0.2) is 35.4 Å². The number of rotatable bonds is 2. The fourth-order valence-corrected chi connectivity index (χ4v) is 2.03. The summed E-state index contributed by atoms with van der Waals surface area (Å²) in [6.45, 7) is 0. The minimum absolute atomic E-state index is 0.0236. The van der Waals surface area contributed by atoms with E-state index in [0.29, 0.717) is 0 Å². The van der Waals surface area contributed by atoms with Crippen molar-refractivity contribution in [2.75, 3.05) is 5.32 Å². The highest BCUT2D eigenvalue weighted by molar-refractivity contribution is 5.71. The van der Waals surface area contributed by atoms with Crippen LogP contribution in [0.1, 0.15) is 5.56 Å². The highest BCUT2D eigenvalue weighted by atomic mass is 19.4. The molecule has 9 heteroatoms. The normalized spacial score (nSPS) is 11.8. The number of aryl methyl sites for hydroxylation is 1. The van der Waals surface area contributed by atoms with Gasteiger partial charge in [-0.1, -0.05) is 6.07 Å². The molecule has 114 valence electrons. The van der Waals surface area contributed by atoms with Crippen LogP contribution in [0.2, 0.25) is 0 Å². The van der Waals surface area contributed by atoms with Crippen LogP contribution in [0, 0.1) is 0 Å². The molecule has 0 unspecified atom stereocenters. The lowest BCUT2D eigenvalue weighted by Gasteiger charge is -2.09. The molecule has 0 atom stereocenters. The zero-order valence-electron chi connectivity index (χ0n) is 11.3. The van der Waals surface area contributed by atoms with Crippen molar-refractivity contribution in [3.63, 3.8) is 0 Å². The van der Waals surface area contributed by atoms with Crippen LogP contribution in [0.3, 0.4) is 0 Å². The number of benzene rings is 1. The van der Waals surface area contributed by atoms with E-state index in [1.54, 1.807) is 7.05 Å². The lowest BCUT2D eigenvalue weighted by atomic mass is 10.2. The number of anilines is 2. The Bertz CT molecular complexity index is 897. The first-order chi connectivity index (χ1) is 10.3. The van der Waals surface area contributed by atoms with E-state index in [1.165, 1.54) is 23.0 Å². The number of H-pyrrole nitrogens is 1. The van der Waals surface area contributed by atoms with E-state index in [-0.39, 0.29) is 22.8 Å². The first-order valence-electron chi connectivity index (χ1n) is 6.20. The van der Waals surface area contributed by atoms with Gasteiger partial charge in [0.05, 0.1) is 11.9 Å². The molecule has 1 aromatic carbocycles. The number of imidazole rings is 1. The lowest BCUT2D eigenvalue weighted by molar-refractivity contribution is -0.137. The van der Waals surface area contributed by atoms with Gasteiger partial charge in [0.15, 0.2) is 11.2 Å². The predicted octanol–water partition coefficient (Wildman–Crippen LogP) is 2.42. The van der Waals surface area contributed by atoms with Crippen LogP contribution >= 0.6 is 0 Å². The molecule has 3 rings (SSSR count). The van der Waals surface area contributed by atoms with E-state index in [1.807, 2.05) is 0 Å². The molecular weight excluding hydrogens is 299 g/mol. The predicted molar refractivity (Wildman–Crippen MR) is 73.9 cm³/mol. The van der Waals surface area contributed by atoms with Crippen molar-refractivity contribution >= 4 is 22.8 Å². The third kappa shape index (κ3) is 2.52. The second-order valence-electron chi connectivity index (χ2n) is 4.65. The number of halogens is 3. The van der Waals surface area contributed by atoms with E-state index >= 15 is 0 Å². The largest absolute Gasteiger partial charge is 0.416 e. The Balaban J connectivity index is 1.98. The molecule has 0 aliphatic carbocycles. The van der Waals surface area contributed by atoms with Gasteiger partial charge in [0.25, 0.3) is 5.56 Å². The molecule has 2 heterocycles. The Morgan fingerprint density at radius 1 is 1.32 bits per heavy atom. The van der Waals surface area contributed by atoms with Gasteiger partial charge in [-0.3, -0.25) is 9.78 Å². The summed E-state index contributed by atoms with van der Waals surface area (Å²) >= 11 is 0. The maximum atomic E-state index is 12.7.